The number of benzene rings is 1. The molecule has 4 unspecified atom stereocenters. The van der Waals surface area contributed by atoms with Gasteiger partial charge in [0.1, 0.15) is 24.2 Å². The molecule has 0 fully saturated rings. The number of aliphatic carboxylic acids is 1. The number of rotatable bonds is 14. The van der Waals surface area contributed by atoms with Gasteiger partial charge >= 0.3 is 5.97 Å². The SMILES string of the molecule is CSCCC(NC(=O)C(N)CO)C(=O)NC(Cc1ccccc1)C(=O)NC(CS)C(=O)O. The Labute approximate surface area is 196 Å². The van der Waals surface area contributed by atoms with Crippen molar-refractivity contribution < 1.29 is 29.4 Å². The van der Waals surface area contributed by atoms with E-state index in [0.717, 1.165) is 5.56 Å². The summed E-state index contributed by atoms with van der Waals surface area (Å²) < 4.78 is 0. The van der Waals surface area contributed by atoms with Gasteiger partial charge in [0.05, 0.1) is 6.61 Å². The minimum atomic E-state index is -1.25. The van der Waals surface area contributed by atoms with Crippen molar-refractivity contribution >= 4 is 48.1 Å². The molecule has 4 atom stereocenters. The van der Waals surface area contributed by atoms with E-state index in [-0.39, 0.29) is 18.6 Å². The van der Waals surface area contributed by atoms with Gasteiger partial charge in [-0.15, -0.1) is 0 Å². The molecule has 0 aliphatic carbocycles. The summed E-state index contributed by atoms with van der Waals surface area (Å²) in [5.41, 5.74) is 6.27. The Morgan fingerprint density at radius 1 is 1.00 bits per heavy atom. The van der Waals surface area contributed by atoms with E-state index in [4.69, 9.17) is 10.8 Å². The van der Waals surface area contributed by atoms with Gasteiger partial charge in [0.2, 0.25) is 17.7 Å². The quantitative estimate of drug-likeness (QED) is 0.160. The second kappa shape index (κ2) is 14.7. The summed E-state index contributed by atoms with van der Waals surface area (Å²) in [6.45, 7) is -0.581. The maximum absolute atomic E-state index is 12.9. The number of hydrogen-bond acceptors (Lipinski definition) is 8. The van der Waals surface area contributed by atoms with E-state index < -0.39 is 54.5 Å². The zero-order valence-corrected chi connectivity index (χ0v) is 19.4. The van der Waals surface area contributed by atoms with Crippen LogP contribution in [0.3, 0.4) is 0 Å². The molecule has 0 saturated heterocycles. The largest absolute Gasteiger partial charge is 0.480 e. The molecule has 0 radical (unpaired) electrons. The fourth-order valence-corrected chi connectivity index (χ4v) is 3.37. The Hall–Kier alpha value is -2.28. The summed E-state index contributed by atoms with van der Waals surface area (Å²) in [6.07, 6.45) is 2.22. The highest BCUT2D eigenvalue weighted by Gasteiger charge is 2.30. The molecule has 178 valence electrons. The molecule has 3 amide bonds. The summed E-state index contributed by atoms with van der Waals surface area (Å²) in [4.78, 5) is 49.1. The summed E-state index contributed by atoms with van der Waals surface area (Å²) in [7, 11) is 0. The summed E-state index contributed by atoms with van der Waals surface area (Å²) in [5, 5.41) is 25.7. The lowest BCUT2D eigenvalue weighted by Crippen LogP contribution is -2.58. The topological polar surface area (TPSA) is 171 Å². The number of thiol groups is 1. The van der Waals surface area contributed by atoms with E-state index in [0.29, 0.717) is 5.75 Å². The lowest BCUT2D eigenvalue weighted by molar-refractivity contribution is -0.141. The molecule has 1 aromatic rings. The van der Waals surface area contributed by atoms with Crippen LogP contribution in [0.2, 0.25) is 0 Å². The van der Waals surface area contributed by atoms with Gasteiger partial charge < -0.3 is 31.9 Å². The Balaban J connectivity index is 3.04. The van der Waals surface area contributed by atoms with Crippen molar-refractivity contribution in [1.82, 2.24) is 16.0 Å². The average Bonchev–Trinajstić information content (AvgIpc) is 2.79. The van der Waals surface area contributed by atoms with Crippen molar-refractivity contribution in [3.05, 3.63) is 35.9 Å². The van der Waals surface area contributed by atoms with Gasteiger partial charge in [-0.1, -0.05) is 30.3 Å². The number of aliphatic hydroxyl groups excluding tert-OH is 1. The molecule has 0 bridgehead atoms. The van der Waals surface area contributed by atoms with Gasteiger partial charge in [-0.25, -0.2) is 4.79 Å². The molecule has 0 aromatic heterocycles. The number of carbonyl (C=O) groups is 4. The highest BCUT2D eigenvalue weighted by atomic mass is 32.2. The summed E-state index contributed by atoms with van der Waals surface area (Å²) >= 11 is 5.41. The fourth-order valence-electron chi connectivity index (χ4n) is 2.66. The van der Waals surface area contributed by atoms with Crippen molar-refractivity contribution in [2.24, 2.45) is 5.73 Å². The van der Waals surface area contributed by atoms with Crippen LogP contribution in [0, 0.1) is 0 Å². The molecule has 12 heteroatoms. The highest BCUT2D eigenvalue weighted by Crippen LogP contribution is 2.07. The number of nitrogens with one attached hydrogen (secondary N) is 3. The Morgan fingerprint density at radius 2 is 1.56 bits per heavy atom. The normalized spacial score (nSPS) is 14.5. The van der Waals surface area contributed by atoms with E-state index in [1.807, 2.05) is 6.26 Å². The van der Waals surface area contributed by atoms with Gasteiger partial charge in [-0.2, -0.15) is 24.4 Å². The molecule has 0 heterocycles. The van der Waals surface area contributed by atoms with Crippen molar-refractivity contribution in [2.75, 3.05) is 24.4 Å². The molecule has 1 aromatic carbocycles. The third kappa shape index (κ3) is 9.47. The Kier molecular flexibility index (Phi) is 12.8. The molecule has 32 heavy (non-hydrogen) atoms. The highest BCUT2D eigenvalue weighted by molar-refractivity contribution is 7.98. The van der Waals surface area contributed by atoms with Crippen molar-refractivity contribution in [3.8, 4) is 0 Å². The van der Waals surface area contributed by atoms with E-state index in [2.05, 4.69) is 28.6 Å². The van der Waals surface area contributed by atoms with E-state index in [9.17, 15) is 24.3 Å². The first kappa shape index (κ1) is 27.8. The summed E-state index contributed by atoms with van der Waals surface area (Å²) in [6, 6.07) is 4.41. The Morgan fingerprint density at radius 3 is 2.09 bits per heavy atom. The number of thioether (sulfide) groups is 1. The monoisotopic (exact) mass is 486 g/mol. The first-order chi connectivity index (χ1) is 15.2. The van der Waals surface area contributed by atoms with Crippen LogP contribution < -0.4 is 21.7 Å². The minimum Gasteiger partial charge on any atom is -0.480 e. The van der Waals surface area contributed by atoms with Crippen LogP contribution in [0.25, 0.3) is 0 Å². The first-order valence-corrected chi connectivity index (χ1v) is 11.9. The van der Waals surface area contributed by atoms with Crippen LogP contribution in [0.15, 0.2) is 30.3 Å². The van der Waals surface area contributed by atoms with Crippen LogP contribution in [0.5, 0.6) is 0 Å². The molecule has 10 nitrogen and oxygen atoms in total. The molecule has 1 rings (SSSR count). The van der Waals surface area contributed by atoms with E-state index in [1.54, 1.807) is 30.3 Å². The zero-order valence-electron chi connectivity index (χ0n) is 17.7. The third-order valence-electron chi connectivity index (χ3n) is 4.49. The van der Waals surface area contributed by atoms with E-state index in [1.165, 1.54) is 11.8 Å². The van der Waals surface area contributed by atoms with Gasteiger partial charge in [-0.05, 0) is 24.0 Å². The average molecular weight is 487 g/mol. The second-order valence-electron chi connectivity index (χ2n) is 6.96. The molecule has 7 N–H and O–H groups in total. The molecule has 0 spiro atoms. The van der Waals surface area contributed by atoms with Crippen molar-refractivity contribution in [2.45, 2.75) is 37.0 Å². The number of nitrogens with two attached hydrogens (primary N) is 1. The van der Waals surface area contributed by atoms with Crippen LogP contribution in [-0.4, -0.2) is 82.4 Å². The number of aliphatic hydroxyl groups is 1. The second-order valence-corrected chi connectivity index (χ2v) is 8.32. The number of carbonyl (C=O) groups excluding carboxylic acids is 3. The lowest BCUT2D eigenvalue weighted by atomic mass is 10.0. The van der Waals surface area contributed by atoms with Crippen molar-refractivity contribution in [3.63, 3.8) is 0 Å². The molecule has 0 saturated carbocycles. The molecule has 0 aliphatic rings. The maximum atomic E-state index is 12.9. The lowest BCUT2D eigenvalue weighted by Gasteiger charge is -2.25. The maximum Gasteiger partial charge on any atom is 0.327 e. The van der Waals surface area contributed by atoms with Crippen molar-refractivity contribution in [1.29, 1.82) is 0 Å². The molecular formula is C20H30N4O6S2. The van der Waals surface area contributed by atoms with Crippen LogP contribution in [0.4, 0.5) is 0 Å². The summed E-state index contributed by atoms with van der Waals surface area (Å²) in [5.74, 6) is -2.83. The first-order valence-electron chi connectivity index (χ1n) is 9.87. The third-order valence-corrected chi connectivity index (χ3v) is 5.50. The zero-order chi connectivity index (χ0) is 24.1. The van der Waals surface area contributed by atoms with Crippen LogP contribution in [-0.2, 0) is 25.6 Å². The molecule has 0 aliphatic heterocycles. The van der Waals surface area contributed by atoms with Crippen LogP contribution >= 0.6 is 24.4 Å². The predicted octanol–water partition coefficient (Wildman–Crippen LogP) is -1.23. The fraction of sp³-hybridized carbons (Fsp3) is 0.500. The van der Waals surface area contributed by atoms with Crippen LogP contribution in [0.1, 0.15) is 12.0 Å². The molecular weight excluding hydrogens is 456 g/mol. The Bertz CT molecular complexity index is 768. The predicted molar refractivity (Wildman–Crippen MR) is 125 cm³/mol. The standard InChI is InChI=1S/C20H30N4O6S2/c1-32-8-7-14(22-17(26)13(21)10-25)18(27)23-15(9-12-5-3-2-4-6-12)19(28)24-16(11-31)20(29)30/h2-6,13-16,25,31H,7-11,21H2,1H3,(H,22,26)(H,23,27)(H,24,28)(H,29,30). The van der Waals surface area contributed by atoms with Gasteiger partial charge in [0, 0.05) is 12.2 Å². The van der Waals surface area contributed by atoms with Gasteiger partial charge in [0.25, 0.3) is 0 Å². The smallest absolute Gasteiger partial charge is 0.327 e. The number of amides is 3. The van der Waals surface area contributed by atoms with Gasteiger partial charge in [-0.3, -0.25) is 14.4 Å². The number of carboxylic acid groups (broad SMARTS) is 1. The minimum absolute atomic E-state index is 0.108. The number of carboxylic acids is 1. The number of hydrogen-bond donors (Lipinski definition) is 7. The van der Waals surface area contributed by atoms with Gasteiger partial charge in [0.15, 0.2) is 0 Å². The van der Waals surface area contributed by atoms with E-state index >= 15 is 0 Å².